The number of nitrogens with one attached hydrogen (secondary N) is 1. The van der Waals surface area contributed by atoms with E-state index in [1.54, 1.807) is 40.0 Å². The Balaban J connectivity index is 1.57. The first kappa shape index (κ1) is 23.9. The van der Waals surface area contributed by atoms with Crippen LogP contribution < -0.4 is 10.9 Å². The molecule has 0 saturated heterocycles. The van der Waals surface area contributed by atoms with E-state index in [0.29, 0.717) is 40.7 Å². The van der Waals surface area contributed by atoms with Gasteiger partial charge in [0.1, 0.15) is 11.5 Å². The number of hydrogen-bond donors (Lipinski definition) is 1. The molecular weight excluding hydrogens is 455 g/mol. The van der Waals surface area contributed by atoms with Crippen LogP contribution in [0.3, 0.4) is 0 Å². The van der Waals surface area contributed by atoms with Crippen LogP contribution in [0.1, 0.15) is 30.7 Å². The first-order chi connectivity index (χ1) is 17.2. The van der Waals surface area contributed by atoms with Crippen molar-refractivity contribution in [3.63, 3.8) is 0 Å². The Hall–Kier alpha value is -3.78. The summed E-state index contributed by atoms with van der Waals surface area (Å²) in [6.07, 6.45) is 6.89. The first-order valence-electron chi connectivity index (χ1n) is 12.1. The summed E-state index contributed by atoms with van der Waals surface area (Å²) in [6, 6.07) is 12.2. The fourth-order valence-electron chi connectivity index (χ4n) is 4.84. The van der Waals surface area contributed by atoms with Gasteiger partial charge < -0.3 is 10.2 Å². The Morgan fingerprint density at radius 3 is 2.67 bits per heavy atom. The molecule has 0 fully saturated rings. The number of fused-ring (bicyclic) bond motifs is 2. The Morgan fingerprint density at radius 1 is 1.17 bits per heavy atom. The molecule has 3 aromatic heterocycles. The molecular formula is C28H31FN6O. The van der Waals surface area contributed by atoms with Crippen LogP contribution in [0.2, 0.25) is 0 Å². The van der Waals surface area contributed by atoms with Crippen LogP contribution in [0.5, 0.6) is 0 Å². The highest BCUT2D eigenvalue weighted by Crippen LogP contribution is 2.30. The number of alkyl halides is 1. The van der Waals surface area contributed by atoms with E-state index in [-0.39, 0.29) is 5.56 Å². The molecule has 1 atom stereocenters. The number of allylic oxidation sites excluding steroid dienone is 1. The van der Waals surface area contributed by atoms with Crippen molar-refractivity contribution < 1.29 is 4.39 Å². The average molecular weight is 487 g/mol. The van der Waals surface area contributed by atoms with Gasteiger partial charge in [-0.3, -0.25) is 9.78 Å². The third kappa shape index (κ3) is 4.33. The molecule has 1 aliphatic carbocycles. The number of rotatable bonds is 7. The molecule has 7 nitrogen and oxygen atoms in total. The lowest BCUT2D eigenvalue weighted by Crippen LogP contribution is -2.27. The Labute approximate surface area is 209 Å². The molecule has 36 heavy (non-hydrogen) atoms. The minimum atomic E-state index is -1.62. The summed E-state index contributed by atoms with van der Waals surface area (Å²) in [5.41, 5.74) is 3.47. The lowest BCUT2D eigenvalue weighted by Gasteiger charge is -2.17. The summed E-state index contributed by atoms with van der Waals surface area (Å²) in [5.74, 6) is 0.620. The van der Waals surface area contributed by atoms with Crippen molar-refractivity contribution in [2.45, 2.75) is 44.9 Å². The third-order valence-corrected chi connectivity index (χ3v) is 6.84. The minimum absolute atomic E-state index is 0.186. The fourth-order valence-corrected chi connectivity index (χ4v) is 4.84. The molecule has 0 aliphatic heterocycles. The summed E-state index contributed by atoms with van der Waals surface area (Å²) in [4.78, 5) is 24.2. The zero-order valence-electron chi connectivity index (χ0n) is 21.1. The molecule has 0 spiro atoms. The van der Waals surface area contributed by atoms with Crippen LogP contribution in [0.25, 0.3) is 16.6 Å². The normalized spacial score (nSPS) is 15.4. The van der Waals surface area contributed by atoms with Crippen LogP contribution in [0, 0.1) is 0 Å². The van der Waals surface area contributed by atoms with E-state index < -0.39 is 5.67 Å². The van der Waals surface area contributed by atoms with Crippen molar-refractivity contribution in [2.75, 3.05) is 19.4 Å². The van der Waals surface area contributed by atoms with E-state index in [9.17, 15) is 9.18 Å². The van der Waals surface area contributed by atoms with Crippen molar-refractivity contribution >= 4 is 22.4 Å². The highest BCUT2D eigenvalue weighted by Gasteiger charge is 2.24. The van der Waals surface area contributed by atoms with E-state index in [0.717, 1.165) is 18.5 Å². The van der Waals surface area contributed by atoms with E-state index in [4.69, 9.17) is 0 Å². The molecule has 1 aliphatic rings. The van der Waals surface area contributed by atoms with Crippen molar-refractivity contribution in [1.82, 2.24) is 24.2 Å². The lowest BCUT2D eigenvalue weighted by atomic mass is 10.1. The van der Waals surface area contributed by atoms with Crippen LogP contribution in [0.15, 0.2) is 66.2 Å². The number of benzene rings is 1. The van der Waals surface area contributed by atoms with E-state index in [1.165, 1.54) is 25.0 Å². The van der Waals surface area contributed by atoms with Gasteiger partial charge in [0.2, 0.25) is 0 Å². The smallest absolute Gasteiger partial charge is 0.276 e. The quantitative estimate of drug-likeness (QED) is 0.382. The maximum absolute atomic E-state index is 14.7. The molecule has 0 saturated carbocycles. The predicted octanol–water partition coefficient (Wildman–Crippen LogP) is 4.75. The van der Waals surface area contributed by atoms with Crippen molar-refractivity contribution in [1.29, 1.82) is 0 Å². The van der Waals surface area contributed by atoms with Gasteiger partial charge in [0, 0.05) is 30.2 Å². The molecule has 8 heteroatoms. The Kier molecular flexibility index (Phi) is 6.00. The van der Waals surface area contributed by atoms with E-state index in [1.807, 2.05) is 6.07 Å². The van der Waals surface area contributed by atoms with Gasteiger partial charge >= 0.3 is 0 Å². The van der Waals surface area contributed by atoms with Gasteiger partial charge in [-0.05, 0) is 76.2 Å². The Bertz CT molecular complexity index is 1510. The molecule has 0 bridgehead atoms. The molecule has 1 unspecified atom stereocenters. The average Bonchev–Trinajstić information content (AvgIpc) is 3.38. The topological polar surface area (TPSA) is 68.0 Å². The van der Waals surface area contributed by atoms with Crippen molar-refractivity contribution in [3.05, 3.63) is 88.6 Å². The fraction of sp³-hybridized carbons (Fsp3) is 0.321. The van der Waals surface area contributed by atoms with Crippen LogP contribution in [0.4, 0.5) is 15.9 Å². The second kappa shape index (κ2) is 9.02. The van der Waals surface area contributed by atoms with Gasteiger partial charge in [0.15, 0.2) is 0 Å². The molecule has 0 amide bonds. The van der Waals surface area contributed by atoms with E-state index in [2.05, 4.69) is 59.1 Å². The number of hydrogen-bond acceptors (Lipinski definition) is 5. The van der Waals surface area contributed by atoms with E-state index >= 15 is 0 Å². The Morgan fingerprint density at radius 2 is 1.94 bits per heavy atom. The summed E-state index contributed by atoms with van der Waals surface area (Å²) in [6.45, 7) is 7.03. The predicted molar refractivity (Wildman–Crippen MR) is 142 cm³/mol. The zero-order chi connectivity index (χ0) is 25.6. The maximum Gasteiger partial charge on any atom is 0.276 e. The third-order valence-electron chi connectivity index (χ3n) is 6.84. The standard InChI is InChI=1S/C28H31FN6O/c1-6-11-34-27(36)23-17-31-26(32-20-8-7-18-13-22(33(4)5)14-19(18)12-20)16-24(23)35(34)21-9-10-30-25(15-21)28(2,3)29/h6-10,12,15-17,22H,1,11,13-14H2,2-5H3,(H,31,32). The lowest BCUT2D eigenvalue weighted by molar-refractivity contribution is 0.214. The molecule has 186 valence electrons. The van der Waals surface area contributed by atoms with Gasteiger partial charge in [0.25, 0.3) is 5.56 Å². The second-order valence-electron chi connectivity index (χ2n) is 10.1. The molecule has 3 heterocycles. The molecule has 4 aromatic rings. The number of pyridine rings is 2. The monoisotopic (exact) mass is 486 g/mol. The summed E-state index contributed by atoms with van der Waals surface area (Å²) in [7, 11) is 4.24. The highest BCUT2D eigenvalue weighted by atomic mass is 19.1. The van der Waals surface area contributed by atoms with Gasteiger partial charge in [-0.1, -0.05) is 12.1 Å². The summed E-state index contributed by atoms with van der Waals surface area (Å²) < 4.78 is 18.0. The number of halogens is 1. The van der Waals surface area contributed by atoms with Crippen LogP contribution >= 0.6 is 0 Å². The summed E-state index contributed by atoms with van der Waals surface area (Å²) in [5, 5.41) is 3.88. The van der Waals surface area contributed by atoms with Gasteiger partial charge in [-0.25, -0.2) is 18.7 Å². The number of nitrogens with zero attached hydrogens (tertiary/aromatic N) is 5. The summed E-state index contributed by atoms with van der Waals surface area (Å²) >= 11 is 0. The minimum Gasteiger partial charge on any atom is -0.340 e. The number of likely N-dealkylation sites (N-methyl/N-ethyl adjacent to an activating group) is 1. The SMILES string of the molecule is C=CCn1c(=O)c2cnc(Nc3ccc4c(c3)CC(N(C)C)C4)cc2n1-c1ccnc(C(C)(C)F)c1. The van der Waals surface area contributed by atoms with Crippen molar-refractivity contribution in [3.8, 4) is 5.69 Å². The van der Waals surface area contributed by atoms with Gasteiger partial charge in [0.05, 0.1) is 28.8 Å². The molecule has 5 rings (SSSR count). The maximum atomic E-state index is 14.7. The zero-order valence-corrected chi connectivity index (χ0v) is 21.1. The second-order valence-corrected chi connectivity index (χ2v) is 10.1. The van der Waals surface area contributed by atoms with Crippen LogP contribution in [-0.4, -0.2) is 44.4 Å². The molecule has 1 N–H and O–H groups in total. The number of anilines is 2. The van der Waals surface area contributed by atoms with Gasteiger partial charge in [-0.15, -0.1) is 6.58 Å². The first-order valence-corrected chi connectivity index (χ1v) is 12.1. The van der Waals surface area contributed by atoms with Crippen LogP contribution in [-0.2, 0) is 25.1 Å². The van der Waals surface area contributed by atoms with Gasteiger partial charge in [-0.2, -0.15) is 0 Å². The van der Waals surface area contributed by atoms with Crippen molar-refractivity contribution in [2.24, 2.45) is 0 Å². The largest absolute Gasteiger partial charge is 0.340 e. The molecule has 0 radical (unpaired) electrons. The molecule has 1 aromatic carbocycles. The number of aromatic nitrogens is 4. The highest BCUT2D eigenvalue weighted by molar-refractivity contribution is 5.83.